The fraction of sp³-hybridized carbons (Fsp3) is 0.273. The Bertz CT molecular complexity index is 776. The van der Waals surface area contributed by atoms with Crippen LogP contribution in [0.5, 0.6) is 0 Å². The van der Waals surface area contributed by atoms with Crippen molar-refractivity contribution >= 4 is 5.91 Å². The van der Waals surface area contributed by atoms with Crippen molar-refractivity contribution in [2.75, 3.05) is 7.05 Å². The van der Waals surface area contributed by atoms with E-state index in [-0.39, 0.29) is 17.5 Å². The van der Waals surface area contributed by atoms with Crippen LogP contribution in [-0.2, 0) is 17.9 Å². The van der Waals surface area contributed by atoms with Gasteiger partial charge in [0.05, 0.1) is 0 Å². The molecule has 0 unspecified atom stereocenters. The van der Waals surface area contributed by atoms with E-state index in [4.69, 9.17) is 0 Å². The molecule has 0 saturated heterocycles. The zero-order valence-corrected chi connectivity index (χ0v) is 15.6. The average molecular weight is 347 g/mol. The molecule has 4 heteroatoms. The maximum atomic E-state index is 12.9. The predicted molar refractivity (Wildman–Crippen MR) is 104 cm³/mol. The van der Waals surface area contributed by atoms with Gasteiger partial charge in [-0.25, -0.2) is 0 Å². The molecule has 0 radical (unpaired) electrons. The lowest BCUT2D eigenvalue weighted by atomic mass is 10.1. The minimum absolute atomic E-state index is 0.00103. The molecule has 0 spiro atoms. The minimum Gasteiger partial charge on any atom is -0.375 e. The topological polar surface area (TPSA) is 47.3 Å². The van der Waals surface area contributed by atoms with Gasteiger partial charge in [-0.2, -0.15) is 5.26 Å². The van der Waals surface area contributed by atoms with Gasteiger partial charge in [-0.3, -0.25) is 4.79 Å². The van der Waals surface area contributed by atoms with Gasteiger partial charge in [0.1, 0.15) is 11.6 Å². The lowest BCUT2D eigenvalue weighted by Gasteiger charge is -2.27. The lowest BCUT2D eigenvalue weighted by Crippen LogP contribution is -2.37. The van der Waals surface area contributed by atoms with E-state index in [2.05, 4.69) is 6.07 Å². The van der Waals surface area contributed by atoms with Crippen molar-refractivity contribution < 1.29 is 4.79 Å². The first kappa shape index (κ1) is 19.3. The normalized spacial score (nSPS) is 11.1. The Morgan fingerprint density at radius 3 is 1.96 bits per heavy atom. The molecule has 0 heterocycles. The molecule has 0 fully saturated rings. The molecule has 0 N–H and O–H groups in total. The standard InChI is InChI=1S/C22H25N3O/c1-18(2)25(16-20-12-8-5-9-13-20)22(26)21(14-23)17-24(3)15-19-10-6-4-7-11-19/h4-13,17-18H,15-16H2,1-3H3/b21-17-. The van der Waals surface area contributed by atoms with Crippen LogP contribution in [-0.4, -0.2) is 28.8 Å². The summed E-state index contributed by atoms with van der Waals surface area (Å²) in [5, 5.41) is 9.52. The van der Waals surface area contributed by atoms with Crippen molar-refractivity contribution in [1.82, 2.24) is 9.80 Å². The summed E-state index contributed by atoms with van der Waals surface area (Å²) < 4.78 is 0. The first-order valence-electron chi connectivity index (χ1n) is 8.72. The molecule has 0 aliphatic rings. The van der Waals surface area contributed by atoms with Crippen LogP contribution in [0.1, 0.15) is 25.0 Å². The summed E-state index contributed by atoms with van der Waals surface area (Å²) >= 11 is 0. The van der Waals surface area contributed by atoms with Gasteiger partial charge in [0, 0.05) is 32.4 Å². The van der Waals surface area contributed by atoms with Crippen LogP contribution in [0.25, 0.3) is 0 Å². The summed E-state index contributed by atoms with van der Waals surface area (Å²) in [6, 6.07) is 21.9. The van der Waals surface area contributed by atoms with Crippen molar-refractivity contribution in [2.45, 2.75) is 33.0 Å². The molecule has 0 aliphatic heterocycles. The van der Waals surface area contributed by atoms with Crippen LogP contribution < -0.4 is 0 Å². The number of benzene rings is 2. The lowest BCUT2D eigenvalue weighted by molar-refractivity contribution is -0.129. The first-order chi connectivity index (χ1) is 12.5. The largest absolute Gasteiger partial charge is 0.375 e. The van der Waals surface area contributed by atoms with Gasteiger partial charge in [0.2, 0.25) is 0 Å². The van der Waals surface area contributed by atoms with E-state index in [1.54, 1.807) is 11.1 Å². The Hall–Kier alpha value is -3.06. The number of amides is 1. The molecule has 2 aromatic carbocycles. The SMILES string of the molecule is CC(C)N(Cc1ccccc1)C(=O)/C(C#N)=C\N(C)Cc1ccccc1. The average Bonchev–Trinajstić information content (AvgIpc) is 2.65. The highest BCUT2D eigenvalue weighted by atomic mass is 16.2. The van der Waals surface area contributed by atoms with Crippen molar-refractivity contribution in [1.29, 1.82) is 5.26 Å². The number of carbonyl (C=O) groups is 1. The molecule has 0 bridgehead atoms. The summed E-state index contributed by atoms with van der Waals surface area (Å²) in [6.45, 7) is 5.05. The number of hydrogen-bond donors (Lipinski definition) is 0. The van der Waals surface area contributed by atoms with Gasteiger partial charge in [-0.15, -0.1) is 0 Å². The Balaban J connectivity index is 2.15. The smallest absolute Gasteiger partial charge is 0.266 e. The molecule has 1 amide bonds. The van der Waals surface area contributed by atoms with Gasteiger partial charge in [0.25, 0.3) is 5.91 Å². The van der Waals surface area contributed by atoms with Gasteiger partial charge in [0.15, 0.2) is 0 Å². The van der Waals surface area contributed by atoms with E-state index in [1.165, 1.54) is 0 Å². The highest BCUT2D eigenvalue weighted by Gasteiger charge is 2.21. The molecule has 2 rings (SSSR count). The zero-order valence-electron chi connectivity index (χ0n) is 15.6. The molecular weight excluding hydrogens is 322 g/mol. The quantitative estimate of drug-likeness (QED) is 0.562. The Kier molecular flexibility index (Phi) is 6.99. The molecule has 134 valence electrons. The number of nitrogens with zero attached hydrogens (tertiary/aromatic N) is 3. The maximum Gasteiger partial charge on any atom is 0.266 e. The third-order valence-electron chi connectivity index (χ3n) is 4.06. The van der Waals surface area contributed by atoms with Crippen LogP contribution in [0, 0.1) is 11.3 Å². The Morgan fingerprint density at radius 2 is 1.50 bits per heavy atom. The second-order valence-electron chi connectivity index (χ2n) is 6.57. The highest BCUT2D eigenvalue weighted by Crippen LogP contribution is 2.13. The zero-order chi connectivity index (χ0) is 18.9. The first-order valence-corrected chi connectivity index (χ1v) is 8.72. The van der Waals surface area contributed by atoms with E-state index >= 15 is 0 Å². The Labute approximate surface area is 156 Å². The summed E-state index contributed by atoms with van der Waals surface area (Å²) in [5.74, 6) is -0.244. The molecular formula is C22H25N3O. The summed E-state index contributed by atoms with van der Waals surface area (Å²) in [5.41, 5.74) is 2.32. The van der Waals surface area contributed by atoms with Crippen LogP contribution >= 0.6 is 0 Å². The molecule has 0 saturated carbocycles. The number of carbonyl (C=O) groups excluding carboxylic acids is 1. The van der Waals surface area contributed by atoms with Gasteiger partial charge >= 0.3 is 0 Å². The summed E-state index contributed by atoms with van der Waals surface area (Å²) in [6.07, 6.45) is 1.63. The monoisotopic (exact) mass is 347 g/mol. The van der Waals surface area contributed by atoms with E-state index in [0.29, 0.717) is 13.1 Å². The van der Waals surface area contributed by atoms with Crippen molar-refractivity contribution in [3.8, 4) is 6.07 Å². The van der Waals surface area contributed by atoms with Crippen LogP contribution in [0.15, 0.2) is 72.4 Å². The summed E-state index contributed by atoms with van der Waals surface area (Å²) in [7, 11) is 1.87. The maximum absolute atomic E-state index is 12.9. The molecule has 0 atom stereocenters. The van der Waals surface area contributed by atoms with E-state index in [1.807, 2.05) is 86.5 Å². The fourth-order valence-corrected chi connectivity index (χ4v) is 2.69. The van der Waals surface area contributed by atoms with Crippen molar-refractivity contribution in [3.05, 3.63) is 83.6 Å². The molecule has 2 aromatic rings. The molecule has 0 aliphatic carbocycles. The number of nitriles is 1. The Morgan fingerprint density at radius 1 is 1.00 bits per heavy atom. The van der Waals surface area contributed by atoms with Gasteiger partial charge < -0.3 is 9.80 Å². The predicted octanol–water partition coefficient (Wildman–Crippen LogP) is 3.96. The molecule has 4 nitrogen and oxygen atoms in total. The third kappa shape index (κ3) is 5.49. The third-order valence-corrected chi connectivity index (χ3v) is 4.06. The van der Waals surface area contributed by atoms with E-state index in [9.17, 15) is 10.1 Å². The number of rotatable bonds is 7. The van der Waals surface area contributed by atoms with Crippen LogP contribution in [0.3, 0.4) is 0 Å². The molecule has 0 aromatic heterocycles. The molecule has 26 heavy (non-hydrogen) atoms. The number of hydrogen-bond acceptors (Lipinski definition) is 3. The van der Waals surface area contributed by atoms with E-state index in [0.717, 1.165) is 11.1 Å². The fourth-order valence-electron chi connectivity index (χ4n) is 2.69. The van der Waals surface area contributed by atoms with Crippen molar-refractivity contribution in [2.24, 2.45) is 0 Å². The van der Waals surface area contributed by atoms with E-state index < -0.39 is 0 Å². The van der Waals surface area contributed by atoms with Gasteiger partial charge in [-0.1, -0.05) is 60.7 Å². The summed E-state index contributed by atoms with van der Waals surface area (Å²) in [4.78, 5) is 16.5. The highest BCUT2D eigenvalue weighted by molar-refractivity contribution is 5.97. The second-order valence-corrected chi connectivity index (χ2v) is 6.57. The van der Waals surface area contributed by atoms with Crippen molar-refractivity contribution in [3.63, 3.8) is 0 Å². The second kappa shape index (κ2) is 9.43. The van der Waals surface area contributed by atoms with Crippen LogP contribution in [0.2, 0.25) is 0 Å². The minimum atomic E-state index is -0.244. The van der Waals surface area contributed by atoms with Crippen LogP contribution in [0.4, 0.5) is 0 Å². The van der Waals surface area contributed by atoms with Gasteiger partial charge in [-0.05, 0) is 25.0 Å².